The van der Waals surface area contributed by atoms with Crippen LogP contribution < -0.4 is 4.74 Å². The first kappa shape index (κ1) is 24.1. The van der Waals surface area contributed by atoms with Crippen LogP contribution in [0.2, 0.25) is 0 Å². The molecule has 12 heteroatoms. The van der Waals surface area contributed by atoms with Crippen molar-refractivity contribution in [2.75, 3.05) is 0 Å². The molecule has 0 saturated carbocycles. The van der Waals surface area contributed by atoms with E-state index >= 15 is 0 Å². The summed E-state index contributed by atoms with van der Waals surface area (Å²) in [7, 11) is 0. The largest absolute Gasteiger partial charge is 0.449 e. The van der Waals surface area contributed by atoms with Gasteiger partial charge < -0.3 is 4.74 Å². The molecule has 2 amide bonds. The van der Waals surface area contributed by atoms with E-state index in [0.717, 1.165) is 40.4 Å². The standard InChI is InChI=1S/C23H14BrN3O7S/c24-16-6-8-19(34-20-9-7-17(26(30)31)12-18(20)27(32)33)15(10-16)11-21-22(28)25(23(29)35-21)13-14-4-2-1-3-5-14/h1-12H,13H2/b21-11-. The van der Waals surface area contributed by atoms with Gasteiger partial charge in [-0.2, -0.15) is 0 Å². The van der Waals surface area contributed by atoms with Crippen LogP contribution in [0.1, 0.15) is 11.1 Å². The number of carbonyl (C=O) groups excluding carboxylic acids is 2. The van der Waals surface area contributed by atoms with E-state index in [2.05, 4.69) is 15.9 Å². The minimum Gasteiger partial charge on any atom is -0.449 e. The Hall–Kier alpha value is -4.03. The highest BCUT2D eigenvalue weighted by Crippen LogP contribution is 2.39. The second-order valence-electron chi connectivity index (χ2n) is 7.20. The van der Waals surface area contributed by atoms with Gasteiger partial charge in [-0.3, -0.25) is 34.7 Å². The van der Waals surface area contributed by atoms with Crippen LogP contribution in [0.25, 0.3) is 6.08 Å². The van der Waals surface area contributed by atoms with Gasteiger partial charge >= 0.3 is 5.69 Å². The number of hydrogen-bond donors (Lipinski definition) is 0. The Balaban J connectivity index is 1.66. The van der Waals surface area contributed by atoms with Gasteiger partial charge in [0.05, 0.1) is 27.4 Å². The topological polar surface area (TPSA) is 133 Å². The molecule has 10 nitrogen and oxygen atoms in total. The zero-order valence-corrected chi connectivity index (χ0v) is 20.0. The Bertz CT molecular complexity index is 1400. The number of hydrogen-bond acceptors (Lipinski definition) is 8. The Morgan fingerprint density at radius 1 is 0.943 bits per heavy atom. The lowest BCUT2D eigenvalue weighted by molar-refractivity contribution is -0.394. The molecule has 3 aromatic carbocycles. The second-order valence-corrected chi connectivity index (χ2v) is 9.11. The lowest BCUT2D eigenvalue weighted by Gasteiger charge is -2.12. The predicted octanol–water partition coefficient (Wildman–Crippen LogP) is 6.29. The van der Waals surface area contributed by atoms with Crippen molar-refractivity contribution in [3.05, 3.63) is 107 Å². The van der Waals surface area contributed by atoms with Gasteiger partial charge in [0.15, 0.2) is 0 Å². The minimum atomic E-state index is -0.782. The summed E-state index contributed by atoms with van der Waals surface area (Å²) in [6, 6.07) is 16.9. The fourth-order valence-corrected chi connectivity index (χ4v) is 4.44. The number of nitro groups is 2. The number of non-ortho nitro benzene ring substituents is 1. The Morgan fingerprint density at radius 3 is 2.34 bits per heavy atom. The van der Waals surface area contributed by atoms with Gasteiger partial charge in [-0.1, -0.05) is 46.3 Å². The maximum Gasteiger partial charge on any atom is 0.318 e. The number of carbonyl (C=O) groups is 2. The van der Waals surface area contributed by atoms with Crippen molar-refractivity contribution in [2.45, 2.75) is 6.54 Å². The monoisotopic (exact) mass is 555 g/mol. The summed E-state index contributed by atoms with van der Waals surface area (Å²) in [5, 5.41) is 22.0. The summed E-state index contributed by atoms with van der Waals surface area (Å²) in [5.41, 5.74) is 0.133. The Labute approximate surface area is 210 Å². The van der Waals surface area contributed by atoms with Crippen molar-refractivity contribution < 1.29 is 24.2 Å². The summed E-state index contributed by atoms with van der Waals surface area (Å²) < 4.78 is 6.37. The first-order valence-electron chi connectivity index (χ1n) is 9.92. The average Bonchev–Trinajstić information content (AvgIpc) is 3.08. The van der Waals surface area contributed by atoms with Crippen molar-refractivity contribution in [3.63, 3.8) is 0 Å². The number of benzene rings is 3. The highest BCUT2D eigenvalue weighted by molar-refractivity contribution is 9.10. The van der Waals surface area contributed by atoms with Gasteiger partial charge in [0.1, 0.15) is 5.75 Å². The number of amides is 2. The SMILES string of the molecule is O=C1S/C(=C\c2cc(Br)ccc2Oc2ccc([N+](=O)[O-])cc2[N+](=O)[O-])C(=O)N1Cc1ccccc1. The quantitative estimate of drug-likeness (QED) is 0.188. The fourth-order valence-electron chi connectivity index (χ4n) is 3.24. The number of rotatable bonds is 7. The molecule has 0 atom stereocenters. The first-order valence-corrected chi connectivity index (χ1v) is 11.5. The van der Waals surface area contributed by atoms with Gasteiger partial charge in [-0.25, -0.2) is 0 Å². The van der Waals surface area contributed by atoms with Crippen LogP contribution in [0.4, 0.5) is 16.2 Å². The van der Waals surface area contributed by atoms with Crippen LogP contribution in [0.15, 0.2) is 76.1 Å². The molecule has 0 spiro atoms. The number of nitro benzene ring substituents is 2. The molecule has 4 rings (SSSR count). The van der Waals surface area contributed by atoms with E-state index in [-0.39, 0.29) is 22.9 Å². The Kier molecular flexibility index (Phi) is 6.94. The molecule has 0 aromatic heterocycles. The van der Waals surface area contributed by atoms with E-state index in [1.807, 2.05) is 30.3 Å². The third-order valence-electron chi connectivity index (χ3n) is 4.89. The van der Waals surface area contributed by atoms with E-state index in [9.17, 15) is 29.8 Å². The number of ether oxygens (including phenoxy) is 1. The van der Waals surface area contributed by atoms with Crippen molar-refractivity contribution in [1.29, 1.82) is 0 Å². The third-order valence-corrected chi connectivity index (χ3v) is 6.29. The molecule has 0 aliphatic carbocycles. The fraction of sp³-hybridized carbons (Fsp3) is 0.0435. The molecular weight excluding hydrogens is 542 g/mol. The van der Waals surface area contributed by atoms with Gasteiger partial charge in [-0.05, 0) is 47.7 Å². The van der Waals surface area contributed by atoms with E-state index < -0.39 is 32.4 Å². The lowest BCUT2D eigenvalue weighted by atomic mass is 10.1. The zero-order valence-electron chi connectivity index (χ0n) is 17.6. The molecule has 35 heavy (non-hydrogen) atoms. The van der Waals surface area contributed by atoms with Gasteiger partial charge in [0.2, 0.25) is 5.75 Å². The van der Waals surface area contributed by atoms with Crippen molar-refractivity contribution >= 4 is 56.3 Å². The highest BCUT2D eigenvalue weighted by Gasteiger charge is 2.35. The molecule has 0 bridgehead atoms. The third kappa shape index (κ3) is 5.39. The molecule has 1 aliphatic heterocycles. The van der Waals surface area contributed by atoms with Gasteiger partial charge in [0.25, 0.3) is 16.8 Å². The van der Waals surface area contributed by atoms with Gasteiger partial charge in [-0.15, -0.1) is 0 Å². The summed E-state index contributed by atoms with van der Waals surface area (Å²) >= 11 is 4.11. The number of thioether (sulfide) groups is 1. The van der Waals surface area contributed by atoms with Crippen LogP contribution >= 0.6 is 27.7 Å². The lowest BCUT2D eigenvalue weighted by Crippen LogP contribution is -2.27. The molecule has 0 radical (unpaired) electrons. The molecule has 3 aromatic rings. The van der Waals surface area contributed by atoms with E-state index in [1.165, 1.54) is 12.1 Å². The molecule has 1 fully saturated rings. The van der Waals surface area contributed by atoms with Crippen molar-refractivity contribution in [2.24, 2.45) is 0 Å². The van der Waals surface area contributed by atoms with Crippen molar-refractivity contribution in [1.82, 2.24) is 4.90 Å². The molecule has 176 valence electrons. The minimum absolute atomic E-state index is 0.125. The Morgan fingerprint density at radius 2 is 1.66 bits per heavy atom. The van der Waals surface area contributed by atoms with Crippen LogP contribution in [0, 0.1) is 20.2 Å². The van der Waals surface area contributed by atoms with Gasteiger partial charge in [0, 0.05) is 16.1 Å². The highest BCUT2D eigenvalue weighted by atomic mass is 79.9. The molecule has 1 aliphatic rings. The maximum atomic E-state index is 12.9. The molecule has 0 unspecified atom stereocenters. The van der Waals surface area contributed by atoms with Crippen LogP contribution in [0.3, 0.4) is 0 Å². The summed E-state index contributed by atoms with van der Waals surface area (Å²) in [4.78, 5) is 47.7. The molecule has 1 saturated heterocycles. The van der Waals surface area contributed by atoms with E-state index in [1.54, 1.807) is 12.1 Å². The van der Waals surface area contributed by atoms with Crippen molar-refractivity contribution in [3.8, 4) is 11.5 Å². The molecule has 0 N–H and O–H groups in total. The smallest absolute Gasteiger partial charge is 0.318 e. The predicted molar refractivity (Wildman–Crippen MR) is 132 cm³/mol. The van der Waals surface area contributed by atoms with E-state index in [4.69, 9.17) is 4.74 Å². The van der Waals surface area contributed by atoms with Crippen LogP contribution in [0.5, 0.6) is 11.5 Å². The molecular formula is C23H14BrN3O7S. The summed E-state index contributed by atoms with van der Waals surface area (Å²) in [6.07, 6.45) is 1.47. The van der Waals surface area contributed by atoms with E-state index in [0.29, 0.717) is 10.0 Å². The summed E-state index contributed by atoms with van der Waals surface area (Å²) in [5.74, 6) is -0.536. The average molecular weight is 556 g/mol. The normalized spacial score (nSPS) is 14.4. The number of nitrogens with zero attached hydrogens (tertiary/aromatic N) is 3. The zero-order chi connectivity index (χ0) is 25.1. The second kappa shape index (κ2) is 10.1. The summed E-state index contributed by atoms with van der Waals surface area (Å²) in [6.45, 7) is 0.125. The first-order chi connectivity index (χ1) is 16.7. The maximum absolute atomic E-state index is 12.9. The number of halogens is 1. The number of imide groups is 1. The van der Waals surface area contributed by atoms with Crippen LogP contribution in [-0.2, 0) is 11.3 Å². The van der Waals surface area contributed by atoms with Crippen LogP contribution in [-0.4, -0.2) is 25.9 Å². The molecule has 1 heterocycles.